The van der Waals surface area contributed by atoms with Crippen molar-refractivity contribution >= 4 is 78.5 Å². The van der Waals surface area contributed by atoms with Gasteiger partial charge in [0.15, 0.2) is 5.96 Å². The Morgan fingerprint density at radius 2 is 1.16 bits per heavy atom. The summed E-state index contributed by atoms with van der Waals surface area (Å²) >= 11 is 7.92. The SMILES string of the molecule is CC(C)C[C@H](NC(=O)[C@H](C)NC(=O)[C@H](CC(=O)O)NC(=O)[C@H](CO)NC(=O)[C@H](CCCN=C(N)N)NC(=O)[C@@H](N)CS)C(=O)N[C@@H](CS)C(N)=O. The Morgan fingerprint density at radius 3 is 1.65 bits per heavy atom. The lowest BCUT2D eigenvalue weighted by atomic mass is 10.0. The number of aliphatic carboxylic acids is 1. The van der Waals surface area contributed by atoms with E-state index in [1.54, 1.807) is 13.8 Å². The van der Waals surface area contributed by atoms with Crippen LogP contribution in [-0.2, 0) is 38.4 Å². The molecule has 290 valence electrons. The van der Waals surface area contributed by atoms with Gasteiger partial charge in [-0.1, -0.05) is 13.8 Å². The molecule has 0 aromatic rings. The lowest BCUT2D eigenvalue weighted by Gasteiger charge is -2.26. The van der Waals surface area contributed by atoms with E-state index in [0.29, 0.717) is 0 Å². The number of primary amides is 1. The predicted octanol–water partition coefficient (Wildman–Crippen LogP) is -5.85. The van der Waals surface area contributed by atoms with E-state index in [0.717, 1.165) is 0 Å². The van der Waals surface area contributed by atoms with Gasteiger partial charge >= 0.3 is 5.97 Å². The van der Waals surface area contributed by atoms with Gasteiger partial charge in [0.25, 0.3) is 0 Å². The van der Waals surface area contributed by atoms with Crippen LogP contribution in [0.2, 0.25) is 0 Å². The van der Waals surface area contributed by atoms with Gasteiger partial charge < -0.3 is 65.0 Å². The van der Waals surface area contributed by atoms with E-state index in [4.69, 9.17) is 22.9 Å². The molecule has 0 aliphatic carbocycles. The Hall–Kier alpha value is -4.35. The molecule has 0 rings (SSSR count). The van der Waals surface area contributed by atoms with Gasteiger partial charge in [0, 0.05) is 18.1 Å². The smallest absolute Gasteiger partial charge is 0.305 e. The Kier molecular flexibility index (Phi) is 21.9. The first kappa shape index (κ1) is 46.6. The third-order valence-corrected chi connectivity index (χ3v) is 7.63. The number of hydrogen-bond donors (Lipinski definition) is 14. The molecule has 7 atom stereocenters. The summed E-state index contributed by atoms with van der Waals surface area (Å²) in [5.41, 5.74) is 21.5. The summed E-state index contributed by atoms with van der Waals surface area (Å²) in [7, 11) is 0. The standard InChI is InChI=1S/C28H51N11O10S2/c1-12(2)7-16(26(48)39-19(11-51)21(30)43)36-22(44)13(3)34-25(47)17(8-20(41)42)37-27(49)18(9-40)38-24(46)15(5-4-6-33-28(31)32)35-23(45)14(29)10-50/h12-19,40,50-51H,4-11,29H2,1-3H3,(H2,30,43)(H,34,47)(H,35,45)(H,36,44)(H,37,49)(H,38,46)(H,39,48)(H,41,42)(H4,31,32,33)/t13-,14-,15-,16-,17-,18-,19-/m0/s1. The Morgan fingerprint density at radius 1 is 0.667 bits per heavy atom. The van der Waals surface area contributed by atoms with Crippen molar-refractivity contribution in [3.63, 3.8) is 0 Å². The van der Waals surface area contributed by atoms with E-state index in [1.807, 2.05) is 0 Å². The monoisotopic (exact) mass is 765 g/mol. The maximum Gasteiger partial charge on any atom is 0.305 e. The van der Waals surface area contributed by atoms with E-state index in [2.05, 4.69) is 62.2 Å². The number of aliphatic imine (C=N–C) groups is 1. The molecule has 23 heteroatoms. The molecule has 0 saturated carbocycles. The summed E-state index contributed by atoms with van der Waals surface area (Å²) in [5.74, 6) is -8.41. The number of thiol groups is 2. The number of rotatable bonds is 24. The lowest BCUT2D eigenvalue weighted by Crippen LogP contribution is -2.60. The van der Waals surface area contributed by atoms with Crippen LogP contribution < -0.4 is 54.8 Å². The number of nitrogens with two attached hydrogens (primary N) is 4. The zero-order chi connectivity index (χ0) is 39.4. The van der Waals surface area contributed by atoms with Crippen LogP contribution in [-0.4, -0.2) is 130 Å². The minimum Gasteiger partial charge on any atom is -0.481 e. The fraction of sp³-hybridized carbons (Fsp3) is 0.679. The highest BCUT2D eigenvalue weighted by atomic mass is 32.1. The van der Waals surface area contributed by atoms with Crippen LogP contribution in [0.3, 0.4) is 0 Å². The Labute approximate surface area is 305 Å². The maximum absolute atomic E-state index is 13.1. The average Bonchev–Trinajstić information content (AvgIpc) is 3.04. The molecule has 0 radical (unpaired) electrons. The quantitative estimate of drug-likeness (QED) is 0.0189. The first-order chi connectivity index (χ1) is 23.8. The van der Waals surface area contributed by atoms with E-state index >= 15 is 0 Å². The maximum atomic E-state index is 13.1. The molecular formula is C28H51N11O10S2. The molecule has 0 bridgehead atoms. The largest absolute Gasteiger partial charge is 0.481 e. The van der Waals surface area contributed by atoms with Gasteiger partial charge in [-0.3, -0.25) is 43.3 Å². The number of nitrogens with one attached hydrogen (secondary N) is 6. The minimum absolute atomic E-state index is 0.0298. The molecule has 51 heavy (non-hydrogen) atoms. The highest BCUT2D eigenvalue weighted by Gasteiger charge is 2.33. The van der Waals surface area contributed by atoms with Crippen LogP contribution >= 0.6 is 25.3 Å². The highest BCUT2D eigenvalue weighted by Crippen LogP contribution is 2.07. The molecule has 21 nitrogen and oxygen atoms in total. The number of carboxylic acids is 1. The molecule has 16 N–H and O–H groups in total. The minimum atomic E-state index is -1.80. The predicted molar refractivity (Wildman–Crippen MR) is 191 cm³/mol. The molecule has 7 amide bonds. The second kappa shape index (κ2) is 23.9. The molecule has 0 fully saturated rings. The van der Waals surface area contributed by atoms with Crippen molar-refractivity contribution in [2.24, 2.45) is 33.8 Å². The number of carbonyl (C=O) groups is 8. The van der Waals surface area contributed by atoms with Gasteiger partial charge in [0.1, 0.15) is 36.3 Å². The number of guanidine groups is 1. The number of amides is 7. The van der Waals surface area contributed by atoms with Crippen LogP contribution in [0.5, 0.6) is 0 Å². The van der Waals surface area contributed by atoms with E-state index in [-0.39, 0.29) is 49.2 Å². The number of carboxylic acid groups (broad SMARTS) is 1. The summed E-state index contributed by atoms with van der Waals surface area (Å²) in [6.07, 6.45) is -0.676. The van der Waals surface area contributed by atoms with Crippen molar-refractivity contribution in [1.82, 2.24) is 31.9 Å². The van der Waals surface area contributed by atoms with Gasteiger partial charge in [-0.05, 0) is 32.1 Å². The van der Waals surface area contributed by atoms with E-state index in [1.165, 1.54) is 6.92 Å². The van der Waals surface area contributed by atoms with Gasteiger partial charge in [-0.25, -0.2) is 0 Å². The first-order valence-corrected chi connectivity index (χ1v) is 17.0. The molecule has 0 aliphatic rings. The number of carbonyl (C=O) groups excluding carboxylic acids is 7. The van der Waals surface area contributed by atoms with Gasteiger partial charge in [0.2, 0.25) is 41.4 Å². The highest BCUT2D eigenvalue weighted by molar-refractivity contribution is 7.80. The van der Waals surface area contributed by atoms with Crippen molar-refractivity contribution in [2.75, 3.05) is 24.7 Å². The average molecular weight is 766 g/mol. The fourth-order valence-electron chi connectivity index (χ4n) is 4.11. The van der Waals surface area contributed by atoms with Crippen LogP contribution in [0, 0.1) is 5.92 Å². The third-order valence-electron chi connectivity index (χ3n) is 6.87. The van der Waals surface area contributed by atoms with Crippen LogP contribution in [0.15, 0.2) is 4.99 Å². The van der Waals surface area contributed by atoms with Gasteiger partial charge in [-0.15, -0.1) is 0 Å². The van der Waals surface area contributed by atoms with E-state index < -0.39 is 103 Å². The van der Waals surface area contributed by atoms with Crippen molar-refractivity contribution in [3.8, 4) is 0 Å². The third kappa shape index (κ3) is 18.5. The second-order valence-corrected chi connectivity index (χ2v) is 12.5. The van der Waals surface area contributed by atoms with E-state index in [9.17, 15) is 48.6 Å². The molecular weight excluding hydrogens is 715 g/mol. The van der Waals surface area contributed by atoms with Crippen molar-refractivity contribution in [1.29, 1.82) is 0 Å². The number of nitrogens with zero attached hydrogens (tertiary/aromatic N) is 1. The Bertz CT molecular complexity index is 1270. The zero-order valence-corrected chi connectivity index (χ0v) is 30.4. The zero-order valence-electron chi connectivity index (χ0n) is 28.6. The molecule has 0 saturated heterocycles. The number of aliphatic hydroxyl groups excluding tert-OH is 1. The molecule has 0 aliphatic heterocycles. The topological polar surface area (TPSA) is 366 Å². The summed E-state index contributed by atoms with van der Waals surface area (Å²) in [4.78, 5) is 104. The number of aliphatic hydroxyl groups is 1. The normalized spacial score (nSPS) is 15.0. The van der Waals surface area contributed by atoms with Crippen molar-refractivity contribution in [3.05, 3.63) is 0 Å². The first-order valence-electron chi connectivity index (χ1n) is 15.7. The van der Waals surface area contributed by atoms with Crippen LogP contribution in [0.25, 0.3) is 0 Å². The van der Waals surface area contributed by atoms with Gasteiger partial charge in [-0.2, -0.15) is 25.3 Å². The fourth-order valence-corrected chi connectivity index (χ4v) is 4.55. The number of hydrogen-bond acceptors (Lipinski definition) is 13. The summed E-state index contributed by atoms with van der Waals surface area (Å²) < 4.78 is 0. The molecule has 0 aromatic heterocycles. The molecule has 0 spiro atoms. The summed E-state index contributed by atoms with van der Waals surface area (Å²) in [6, 6.07) is -9.53. The molecule has 0 heterocycles. The summed E-state index contributed by atoms with van der Waals surface area (Å²) in [5, 5.41) is 33.2. The van der Waals surface area contributed by atoms with Crippen molar-refractivity contribution < 1.29 is 48.6 Å². The second-order valence-electron chi connectivity index (χ2n) is 11.8. The summed E-state index contributed by atoms with van der Waals surface area (Å²) in [6.45, 7) is 3.85. The molecule has 0 unspecified atom stereocenters. The molecule has 0 aromatic carbocycles. The van der Waals surface area contributed by atoms with Crippen molar-refractivity contribution in [2.45, 2.75) is 88.7 Å². The Balaban J connectivity index is 5.80. The van der Waals surface area contributed by atoms with Crippen LogP contribution in [0.1, 0.15) is 46.5 Å². The lowest BCUT2D eigenvalue weighted by molar-refractivity contribution is -0.141. The van der Waals surface area contributed by atoms with Crippen LogP contribution in [0.4, 0.5) is 0 Å². The van der Waals surface area contributed by atoms with Gasteiger partial charge in [0.05, 0.1) is 19.1 Å².